The zero-order valence-electron chi connectivity index (χ0n) is 13.9. The topological polar surface area (TPSA) is 71.3 Å². The molecule has 1 N–H and O–H groups in total. The molecule has 1 spiro atoms. The number of anilines is 1. The maximum atomic E-state index is 12.9. The number of carbonyl (C=O) groups excluding carboxylic acids is 1. The van der Waals surface area contributed by atoms with Gasteiger partial charge in [0.2, 0.25) is 11.8 Å². The second kappa shape index (κ2) is 6.02. The van der Waals surface area contributed by atoms with Crippen LogP contribution in [0.2, 0.25) is 0 Å². The normalized spacial score (nSPS) is 20.0. The number of piperidine rings is 1. The van der Waals surface area contributed by atoms with E-state index >= 15 is 0 Å². The Balaban J connectivity index is 1.48. The van der Waals surface area contributed by atoms with Gasteiger partial charge < -0.3 is 14.7 Å². The highest BCUT2D eigenvalue weighted by atomic mass is 16.5. The molecule has 0 atom stereocenters. The molecule has 4 rings (SSSR count). The third-order valence-corrected chi connectivity index (χ3v) is 5.25. The summed E-state index contributed by atoms with van der Waals surface area (Å²) in [5, 5.41) is 7.28. The number of hydrogen-bond donors (Lipinski definition) is 1. The van der Waals surface area contributed by atoms with Crippen LogP contribution in [0.1, 0.15) is 36.5 Å². The SMILES string of the molecule is Cc1nc(Cc2ccc(N3CCC4(CCNCC4)C3=O)cc2)no1. The van der Waals surface area contributed by atoms with Crippen LogP contribution in [0.3, 0.4) is 0 Å². The quantitative estimate of drug-likeness (QED) is 0.935. The van der Waals surface area contributed by atoms with Crippen molar-refractivity contribution in [1.82, 2.24) is 15.5 Å². The van der Waals surface area contributed by atoms with E-state index in [-0.39, 0.29) is 5.41 Å². The summed E-state index contributed by atoms with van der Waals surface area (Å²) in [6.07, 6.45) is 3.52. The van der Waals surface area contributed by atoms with Gasteiger partial charge >= 0.3 is 0 Å². The highest BCUT2D eigenvalue weighted by molar-refractivity contribution is 6.00. The summed E-state index contributed by atoms with van der Waals surface area (Å²) >= 11 is 0. The van der Waals surface area contributed by atoms with Gasteiger partial charge in [0.05, 0.1) is 5.41 Å². The molecule has 126 valence electrons. The highest BCUT2D eigenvalue weighted by Gasteiger charge is 2.47. The fraction of sp³-hybridized carbons (Fsp3) is 0.500. The van der Waals surface area contributed by atoms with Crippen LogP contribution in [0.25, 0.3) is 0 Å². The average Bonchev–Trinajstić information content (AvgIpc) is 3.14. The van der Waals surface area contributed by atoms with Gasteiger partial charge in [-0.3, -0.25) is 4.79 Å². The lowest BCUT2D eigenvalue weighted by molar-refractivity contribution is -0.126. The molecule has 6 heteroatoms. The molecule has 0 radical (unpaired) electrons. The smallest absolute Gasteiger partial charge is 0.233 e. The minimum Gasteiger partial charge on any atom is -0.340 e. The summed E-state index contributed by atoms with van der Waals surface area (Å²) in [5.41, 5.74) is 1.97. The summed E-state index contributed by atoms with van der Waals surface area (Å²) in [6.45, 7) is 4.50. The van der Waals surface area contributed by atoms with E-state index in [2.05, 4.69) is 15.5 Å². The molecule has 2 saturated heterocycles. The van der Waals surface area contributed by atoms with E-state index in [1.54, 1.807) is 6.92 Å². The molecule has 3 heterocycles. The highest BCUT2D eigenvalue weighted by Crippen LogP contribution is 2.41. The molecule has 1 aromatic heterocycles. The van der Waals surface area contributed by atoms with Crippen molar-refractivity contribution in [3.63, 3.8) is 0 Å². The molecule has 2 aliphatic rings. The number of nitrogens with zero attached hydrogens (tertiary/aromatic N) is 3. The van der Waals surface area contributed by atoms with Crippen LogP contribution in [0.4, 0.5) is 5.69 Å². The Labute approximate surface area is 141 Å². The van der Waals surface area contributed by atoms with E-state index < -0.39 is 0 Å². The van der Waals surface area contributed by atoms with E-state index in [0.29, 0.717) is 24.0 Å². The van der Waals surface area contributed by atoms with Gasteiger partial charge in [-0.1, -0.05) is 17.3 Å². The number of hydrogen-bond acceptors (Lipinski definition) is 5. The number of nitrogens with one attached hydrogen (secondary N) is 1. The Kier molecular flexibility index (Phi) is 3.84. The van der Waals surface area contributed by atoms with Crippen molar-refractivity contribution < 1.29 is 9.32 Å². The van der Waals surface area contributed by atoms with Crippen LogP contribution >= 0.6 is 0 Å². The number of benzene rings is 1. The summed E-state index contributed by atoms with van der Waals surface area (Å²) in [7, 11) is 0. The van der Waals surface area contributed by atoms with Crippen molar-refractivity contribution in [1.29, 1.82) is 0 Å². The molecular weight excluding hydrogens is 304 g/mol. The summed E-state index contributed by atoms with van der Waals surface area (Å²) in [4.78, 5) is 19.1. The molecular formula is C18H22N4O2. The van der Waals surface area contributed by atoms with Gasteiger partial charge in [-0.05, 0) is 50.0 Å². The standard InChI is InChI=1S/C18H22N4O2/c1-13-20-16(21-24-13)12-14-2-4-15(5-3-14)22-11-8-18(17(22)23)6-9-19-10-7-18/h2-5,19H,6-12H2,1H3. The van der Waals surface area contributed by atoms with E-state index in [1.807, 2.05) is 29.2 Å². The van der Waals surface area contributed by atoms with Gasteiger partial charge in [0, 0.05) is 25.6 Å². The summed E-state index contributed by atoms with van der Waals surface area (Å²) in [6, 6.07) is 8.14. The van der Waals surface area contributed by atoms with Gasteiger partial charge in [-0.2, -0.15) is 4.98 Å². The monoisotopic (exact) mass is 326 g/mol. The predicted molar refractivity (Wildman–Crippen MR) is 89.8 cm³/mol. The fourth-order valence-electron chi connectivity index (χ4n) is 3.83. The number of amides is 1. The van der Waals surface area contributed by atoms with Crippen LogP contribution in [-0.2, 0) is 11.2 Å². The number of carbonyl (C=O) groups is 1. The molecule has 24 heavy (non-hydrogen) atoms. The van der Waals surface area contributed by atoms with Crippen LogP contribution in [-0.4, -0.2) is 35.7 Å². The Morgan fingerprint density at radius 3 is 2.62 bits per heavy atom. The molecule has 2 aromatic rings. The molecule has 0 bridgehead atoms. The average molecular weight is 326 g/mol. The molecule has 6 nitrogen and oxygen atoms in total. The first-order valence-corrected chi connectivity index (χ1v) is 8.57. The van der Waals surface area contributed by atoms with Gasteiger partial charge in [0.25, 0.3) is 0 Å². The van der Waals surface area contributed by atoms with Crippen molar-refractivity contribution in [2.75, 3.05) is 24.5 Å². The number of rotatable bonds is 3. The second-order valence-corrected chi connectivity index (χ2v) is 6.81. The van der Waals surface area contributed by atoms with Crippen molar-refractivity contribution in [3.05, 3.63) is 41.5 Å². The lowest BCUT2D eigenvalue weighted by atomic mass is 9.78. The maximum Gasteiger partial charge on any atom is 0.233 e. The van der Waals surface area contributed by atoms with E-state index in [4.69, 9.17) is 4.52 Å². The van der Waals surface area contributed by atoms with Crippen LogP contribution < -0.4 is 10.2 Å². The number of aryl methyl sites for hydroxylation is 1. The van der Waals surface area contributed by atoms with Gasteiger partial charge in [0.1, 0.15) is 0 Å². The Bertz CT molecular complexity index is 732. The lowest BCUT2D eigenvalue weighted by Crippen LogP contribution is -2.42. The van der Waals surface area contributed by atoms with E-state index in [0.717, 1.165) is 50.1 Å². The third-order valence-electron chi connectivity index (χ3n) is 5.25. The van der Waals surface area contributed by atoms with E-state index in [9.17, 15) is 4.79 Å². The molecule has 0 aliphatic carbocycles. The van der Waals surface area contributed by atoms with Crippen LogP contribution in [0.15, 0.2) is 28.8 Å². The van der Waals surface area contributed by atoms with Crippen molar-refractivity contribution in [2.45, 2.75) is 32.6 Å². The largest absolute Gasteiger partial charge is 0.340 e. The lowest BCUT2D eigenvalue weighted by Gasteiger charge is -2.32. The maximum absolute atomic E-state index is 12.9. The minimum atomic E-state index is -0.133. The molecule has 1 amide bonds. The summed E-state index contributed by atoms with van der Waals surface area (Å²) < 4.78 is 5.00. The van der Waals surface area contributed by atoms with Crippen molar-refractivity contribution in [3.8, 4) is 0 Å². The van der Waals surface area contributed by atoms with Gasteiger partial charge in [-0.25, -0.2) is 0 Å². The first-order chi connectivity index (χ1) is 11.7. The predicted octanol–water partition coefficient (Wildman–Crippen LogP) is 2.08. The van der Waals surface area contributed by atoms with Crippen LogP contribution in [0.5, 0.6) is 0 Å². The fourth-order valence-corrected chi connectivity index (χ4v) is 3.83. The van der Waals surface area contributed by atoms with Crippen molar-refractivity contribution >= 4 is 11.6 Å². The number of aromatic nitrogens is 2. The first kappa shape index (κ1) is 15.3. The molecule has 2 aliphatic heterocycles. The third kappa shape index (κ3) is 2.71. The molecule has 0 saturated carbocycles. The summed E-state index contributed by atoms with van der Waals surface area (Å²) in [5.74, 6) is 1.56. The minimum absolute atomic E-state index is 0.133. The molecule has 1 aromatic carbocycles. The molecule has 2 fully saturated rings. The Hall–Kier alpha value is -2.21. The molecule has 0 unspecified atom stereocenters. The zero-order chi connectivity index (χ0) is 16.6. The second-order valence-electron chi connectivity index (χ2n) is 6.81. The first-order valence-electron chi connectivity index (χ1n) is 8.57. The van der Waals surface area contributed by atoms with Crippen molar-refractivity contribution in [2.24, 2.45) is 5.41 Å². The van der Waals surface area contributed by atoms with Crippen LogP contribution in [0, 0.1) is 12.3 Å². The zero-order valence-corrected chi connectivity index (χ0v) is 13.9. The van der Waals surface area contributed by atoms with E-state index in [1.165, 1.54) is 0 Å². The van der Waals surface area contributed by atoms with Gasteiger partial charge in [0.15, 0.2) is 5.82 Å². The van der Waals surface area contributed by atoms with Gasteiger partial charge in [-0.15, -0.1) is 0 Å². The Morgan fingerprint density at radius 2 is 1.96 bits per heavy atom. The Morgan fingerprint density at radius 1 is 1.21 bits per heavy atom.